The van der Waals surface area contributed by atoms with Gasteiger partial charge in [-0.3, -0.25) is 0 Å². The smallest absolute Gasteiger partial charge is 0.217 e. The Bertz CT molecular complexity index is 880. The number of pyridine rings is 1. The van der Waals surface area contributed by atoms with Crippen LogP contribution in [0.15, 0.2) is 60.7 Å². The monoisotopic (exact) mass is 300 g/mol. The fraction of sp³-hybridized carbons (Fsp3) is 0.100. The Balaban J connectivity index is 2.13. The van der Waals surface area contributed by atoms with Gasteiger partial charge >= 0.3 is 0 Å². The van der Waals surface area contributed by atoms with Crippen LogP contribution in [0.25, 0.3) is 22.3 Å². The van der Waals surface area contributed by atoms with Crippen molar-refractivity contribution < 1.29 is 4.74 Å². The van der Waals surface area contributed by atoms with E-state index < -0.39 is 0 Å². The SMILES string of the molecule is COc1nc(C#N)c(-c2cccc(-c3ccccc3)c2)cc1C. The Morgan fingerprint density at radius 2 is 1.61 bits per heavy atom. The molecule has 1 aromatic heterocycles. The Morgan fingerprint density at radius 3 is 2.30 bits per heavy atom. The molecule has 0 saturated heterocycles. The summed E-state index contributed by atoms with van der Waals surface area (Å²) in [4.78, 5) is 4.30. The molecule has 3 nitrogen and oxygen atoms in total. The predicted molar refractivity (Wildman–Crippen MR) is 91.1 cm³/mol. The first-order valence-corrected chi connectivity index (χ1v) is 7.34. The number of nitriles is 1. The van der Waals surface area contributed by atoms with Crippen LogP contribution in [0.5, 0.6) is 5.88 Å². The van der Waals surface area contributed by atoms with Gasteiger partial charge in [-0.2, -0.15) is 5.26 Å². The van der Waals surface area contributed by atoms with Gasteiger partial charge in [-0.25, -0.2) is 4.98 Å². The van der Waals surface area contributed by atoms with Gasteiger partial charge < -0.3 is 4.74 Å². The Labute approximate surface area is 135 Å². The van der Waals surface area contributed by atoms with Crippen molar-refractivity contribution >= 4 is 0 Å². The minimum atomic E-state index is 0.373. The van der Waals surface area contributed by atoms with E-state index in [1.165, 1.54) is 0 Å². The number of rotatable bonds is 3. The third-order valence-corrected chi connectivity index (χ3v) is 3.75. The molecule has 0 saturated carbocycles. The molecular weight excluding hydrogens is 284 g/mol. The van der Waals surface area contributed by atoms with Gasteiger partial charge in [-0.05, 0) is 35.7 Å². The van der Waals surface area contributed by atoms with Crippen LogP contribution in [0, 0.1) is 18.3 Å². The molecule has 1 heterocycles. The number of hydrogen-bond acceptors (Lipinski definition) is 3. The summed E-state index contributed by atoms with van der Waals surface area (Å²) in [6.45, 7) is 1.93. The minimum absolute atomic E-state index is 0.373. The molecule has 2 aromatic carbocycles. The highest BCUT2D eigenvalue weighted by atomic mass is 16.5. The number of nitrogens with zero attached hydrogens (tertiary/aromatic N) is 2. The maximum Gasteiger partial charge on any atom is 0.217 e. The van der Waals surface area contributed by atoms with Gasteiger partial charge in [-0.15, -0.1) is 0 Å². The van der Waals surface area contributed by atoms with Crippen LogP contribution in [0.3, 0.4) is 0 Å². The maximum absolute atomic E-state index is 9.41. The van der Waals surface area contributed by atoms with Crippen LogP contribution >= 0.6 is 0 Å². The number of hydrogen-bond donors (Lipinski definition) is 0. The lowest BCUT2D eigenvalue weighted by Crippen LogP contribution is -1.97. The van der Waals surface area contributed by atoms with Gasteiger partial charge in [0.15, 0.2) is 5.69 Å². The number of methoxy groups -OCH3 is 1. The lowest BCUT2D eigenvalue weighted by Gasteiger charge is -2.10. The van der Waals surface area contributed by atoms with E-state index in [2.05, 4.69) is 35.3 Å². The van der Waals surface area contributed by atoms with Gasteiger partial charge in [0.05, 0.1) is 7.11 Å². The minimum Gasteiger partial charge on any atom is -0.481 e. The summed E-state index contributed by atoms with van der Waals surface area (Å²) in [5.41, 5.74) is 5.33. The predicted octanol–water partition coefficient (Wildman–Crippen LogP) is 4.60. The highest BCUT2D eigenvalue weighted by molar-refractivity contribution is 5.76. The molecule has 112 valence electrons. The zero-order valence-electron chi connectivity index (χ0n) is 13.1. The molecule has 0 aliphatic carbocycles. The van der Waals surface area contributed by atoms with Crippen molar-refractivity contribution in [1.29, 1.82) is 5.26 Å². The molecule has 0 aliphatic rings. The zero-order chi connectivity index (χ0) is 16.2. The van der Waals surface area contributed by atoms with Crippen LogP contribution in [-0.4, -0.2) is 12.1 Å². The molecule has 0 spiro atoms. The molecule has 0 N–H and O–H groups in total. The van der Waals surface area contributed by atoms with Gasteiger partial charge in [0.2, 0.25) is 5.88 Å². The Hall–Kier alpha value is -3.12. The van der Waals surface area contributed by atoms with Crippen LogP contribution in [0.4, 0.5) is 0 Å². The van der Waals surface area contributed by atoms with Crippen molar-refractivity contribution in [2.45, 2.75) is 6.92 Å². The highest BCUT2D eigenvalue weighted by Gasteiger charge is 2.12. The maximum atomic E-state index is 9.41. The number of aryl methyl sites for hydroxylation is 1. The zero-order valence-corrected chi connectivity index (χ0v) is 13.1. The van der Waals surface area contributed by atoms with E-state index in [0.29, 0.717) is 11.6 Å². The molecular formula is C20H16N2O. The molecule has 3 aromatic rings. The second-order valence-electron chi connectivity index (χ2n) is 5.27. The van der Waals surface area contributed by atoms with Crippen molar-refractivity contribution in [3.63, 3.8) is 0 Å². The van der Waals surface area contributed by atoms with Gasteiger partial charge in [-0.1, -0.05) is 48.5 Å². The number of ether oxygens (including phenoxy) is 1. The van der Waals surface area contributed by atoms with Crippen LogP contribution < -0.4 is 4.74 Å². The molecule has 0 atom stereocenters. The Kier molecular flexibility index (Phi) is 4.07. The average Bonchev–Trinajstić information content (AvgIpc) is 2.62. The number of aromatic nitrogens is 1. The molecule has 3 heteroatoms. The van der Waals surface area contributed by atoms with E-state index in [4.69, 9.17) is 4.74 Å². The first-order valence-electron chi connectivity index (χ1n) is 7.34. The fourth-order valence-electron chi connectivity index (χ4n) is 2.61. The van der Waals surface area contributed by atoms with E-state index in [-0.39, 0.29) is 0 Å². The van der Waals surface area contributed by atoms with Crippen molar-refractivity contribution in [3.05, 3.63) is 71.9 Å². The first-order chi connectivity index (χ1) is 11.2. The lowest BCUT2D eigenvalue weighted by atomic mass is 9.97. The molecule has 0 unspecified atom stereocenters. The largest absolute Gasteiger partial charge is 0.481 e. The third kappa shape index (κ3) is 2.93. The van der Waals surface area contributed by atoms with Crippen molar-refractivity contribution in [2.75, 3.05) is 7.11 Å². The standard InChI is InChI=1S/C20H16N2O/c1-14-11-18(19(13-21)22-20(14)23-2)17-10-6-9-16(12-17)15-7-4-3-5-8-15/h3-12H,1-2H3. The summed E-state index contributed by atoms with van der Waals surface area (Å²) < 4.78 is 5.21. The normalized spacial score (nSPS) is 10.1. The van der Waals surface area contributed by atoms with Crippen molar-refractivity contribution in [3.8, 4) is 34.2 Å². The molecule has 0 bridgehead atoms. The fourth-order valence-corrected chi connectivity index (χ4v) is 2.61. The van der Waals surface area contributed by atoms with Crippen LogP contribution in [0.2, 0.25) is 0 Å². The average molecular weight is 300 g/mol. The topological polar surface area (TPSA) is 45.9 Å². The number of benzene rings is 2. The third-order valence-electron chi connectivity index (χ3n) is 3.75. The second-order valence-corrected chi connectivity index (χ2v) is 5.27. The highest BCUT2D eigenvalue weighted by Crippen LogP contribution is 2.30. The molecule has 0 amide bonds. The van der Waals surface area contributed by atoms with Crippen LogP contribution in [-0.2, 0) is 0 Å². The van der Waals surface area contributed by atoms with Crippen molar-refractivity contribution in [1.82, 2.24) is 4.98 Å². The molecule has 0 aliphatic heterocycles. The van der Waals surface area contributed by atoms with Crippen LogP contribution in [0.1, 0.15) is 11.3 Å². The summed E-state index contributed by atoms with van der Waals surface area (Å²) in [5, 5.41) is 9.41. The lowest BCUT2D eigenvalue weighted by molar-refractivity contribution is 0.394. The van der Waals surface area contributed by atoms with Gasteiger partial charge in [0, 0.05) is 11.1 Å². The summed E-state index contributed by atoms with van der Waals surface area (Å²) >= 11 is 0. The van der Waals surface area contributed by atoms with E-state index >= 15 is 0 Å². The quantitative estimate of drug-likeness (QED) is 0.710. The van der Waals surface area contributed by atoms with E-state index in [1.807, 2.05) is 43.3 Å². The first kappa shape index (κ1) is 14.8. The summed E-state index contributed by atoms with van der Waals surface area (Å²) in [7, 11) is 1.56. The Morgan fingerprint density at radius 1 is 0.913 bits per heavy atom. The van der Waals surface area contributed by atoms with E-state index in [9.17, 15) is 5.26 Å². The summed E-state index contributed by atoms with van der Waals surface area (Å²) in [5.74, 6) is 0.490. The molecule has 0 fully saturated rings. The summed E-state index contributed by atoms with van der Waals surface area (Å²) in [6, 6.07) is 22.4. The van der Waals surface area contributed by atoms with E-state index in [0.717, 1.165) is 27.8 Å². The second kappa shape index (κ2) is 6.33. The molecule has 23 heavy (non-hydrogen) atoms. The van der Waals surface area contributed by atoms with Gasteiger partial charge in [0.25, 0.3) is 0 Å². The molecule has 0 radical (unpaired) electrons. The van der Waals surface area contributed by atoms with E-state index in [1.54, 1.807) is 7.11 Å². The van der Waals surface area contributed by atoms with Crippen molar-refractivity contribution in [2.24, 2.45) is 0 Å². The molecule has 3 rings (SSSR count). The van der Waals surface area contributed by atoms with Gasteiger partial charge in [0.1, 0.15) is 6.07 Å². The summed E-state index contributed by atoms with van der Waals surface area (Å²) in [6.07, 6.45) is 0.